The molecule has 152 valence electrons. The molecule has 11 heteroatoms. The number of amides is 1. The van der Waals surface area contributed by atoms with E-state index in [2.05, 4.69) is 20.7 Å². The Labute approximate surface area is 163 Å². The molecule has 29 heavy (non-hydrogen) atoms. The van der Waals surface area contributed by atoms with E-state index in [-0.39, 0.29) is 18.1 Å². The van der Waals surface area contributed by atoms with Crippen molar-refractivity contribution in [2.75, 3.05) is 19.5 Å². The topological polar surface area (TPSA) is 91.2 Å². The number of benzene rings is 2. The van der Waals surface area contributed by atoms with Gasteiger partial charge in [0.15, 0.2) is 11.5 Å². The summed E-state index contributed by atoms with van der Waals surface area (Å²) in [6, 6.07) is 9.37. The van der Waals surface area contributed by atoms with Crippen molar-refractivity contribution in [3.63, 3.8) is 0 Å². The molecule has 1 heterocycles. The first-order chi connectivity index (χ1) is 13.8. The van der Waals surface area contributed by atoms with Crippen LogP contribution in [-0.2, 0) is 17.5 Å². The van der Waals surface area contributed by atoms with Gasteiger partial charge in [-0.2, -0.15) is 18.0 Å². The minimum atomic E-state index is -4.50. The molecule has 0 spiro atoms. The van der Waals surface area contributed by atoms with Crippen LogP contribution in [0, 0.1) is 0 Å². The van der Waals surface area contributed by atoms with Crippen LogP contribution in [0.2, 0.25) is 0 Å². The van der Waals surface area contributed by atoms with E-state index >= 15 is 0 Å². The fraction of sp³-hybridized carbons (Fsp3) is 0.222. The third-order valence-electron chi connectivity index (χ3n) is 3.85. The van der Waals surface area contributed by atoms with Gasteiger partial charge < -0.3 is 14.8 Å². The van der Waals surface area contributed by atoms with Crippen LogP contribution in [0.3, 0.4) is 0 Å². The second-order valence-electron chi connectivity index (χ2n) is 5.84. The number of ether oxygens (including phenoxy) is 2. The minimum Gasteiger partial charge on any atom is -0.493 e. The van der Waals surface area contributed by atoms with Crippen molar-refractivity contribution in [1.29, 1.82) is 0 Å². The molecule has 0 aliphatic rings. The molecular formula is C18H16F3N5O3. The van der Waals surface area contributed by atoms with E-state index in [9.17, 15) is 18.0 Å². The van der Waals surface area contributed by atoms with Gasteiger partial charge in [-0.15, -0.1) is 10.2 Å². The molecule has 0 radical (unpaired) electrons. The minimum absolute atomic E-state index is 0.0186. The largest absolute Gasteiger partial charge is 0.493 e. The molecule has 0 aliphatic heterocycles. The van der Waals surface area contributed by atoms with Gasteiger partial charge in [-0.25, -0.2) is 0 Å². The molecule has 0 bridgehead atoms. The summed E-state index contributed by atoms with van der Waals surface area (Å²) in [4.78, 5) is 13.2. The average molecular weight is 407 g/mol. The molecule has 0 fully saturated rings. The Bertz CT molecular complexity index is 1020. The first-order valence-electron chi connectivity index (χ1n) is 8.27. The van der Waals surface area contributed by atoms with Crippen molar-refractivity contribution >= 4 is 11.6 Å². The molecule has 3 aromatic rings. The Hall–Kier alpha value is -3.63. The Balaban J connectivity index is 1.70. The predicted molar refractivity (Wildman–Crippen MR) is 96.4 cm³/mol. The quantitative estimate of drug-likeness (QED) is 0.676. The zero-order valence-corrected chi connectivity index (χ0v) is 15.4. The van der Waals surface area contributed by atoms with E-state index in [1.807, 2.05) is 0 Å². The lowest BCUT2D eigenvalue weighted by Crippen LogP contribution is -2.20. The number of hydrogen-bond donors (Lipinski definition) is 1. The van der Waals surface area contributed by atoms with Gasteiger partial charge in [0.2, 0.25) is 11.7 Å². The maximum atomic E-state index is 12.8. The SMILES string of the molecule is COc1ccc(-c2nnn(CC(=O)Nc3cccc(C(F)(F)F)c3)n2)cc1OC. The smallest absolute Gasteiger partial charge is 0.416 e. The van der Waals surface area contributed by atoms with Crippen molar-refractivity contribution in [2.45, 2.75) is 12.7 Å². The summed E-state index contributed by atoms with van der Waals surface area (Å²) in [5.41, 5.74) is -0.248. The van der Waals surface area contributed by atoms with E-state index in [1.54, 1.807) is 18.2 Å². The number of aromatic nitrogens is 4. The summed E-state index contributed by atoms with van der Waals surface area (Å²) in [5.74, 6) is 0.658. The van der Waals surface area contributed by atoms with Gasteiger partial charge in [0.05, 0.1) is 19.8 Å². The fourth-order valence-corrected chi connectivity index (χ4v) is 2.50. The van der Waals surface area contributed by atoms with Crippen LogP contribution >= 0.6 is 0 Å². The normalized spacial score (nSPS) is 11.2. The Kier molecular flexibility index (Phi) is 5.66. The molecule has 2 aromatic carbocycles. The number of nitrogens with one attached hydrogen (secondary N) is 1. The molecule has 8 nitrogen and oxygen atoms in total. The Morgan fingerprint density at radius 3 is 2.55 bits per heavy atom. The van der Waals surface area contributed by atoms with Crippen LogP contribution in [0.1, 0.15) is 5.56 Å². The van der Waals surface area contributed by atoms with Crippen LogP contribution in [0.5, 0.6) is 11.5 Å². The summed E-state index contributed by atoms with van der Waals surface area (Å²) in [5, 5.41) is 14.2. The van der Waals surface area contributed by atoms with Crippen molar-refractivity contribution in [3.05, 3.63) is 48.0 Å². The molecule has 0 saturated heterocycles. The van der Waals surface area contributed by atoms with Gasteiger partial charge in [-0.3, -0.25) is 4.79 Å². The summed E-state index contributed by atoms with van der Waals surface area (Å²) in [6.45, 7) is -0.323. The third kappa shape index (κ3) is 4.81. The van der Waals surface area contributed by atoms with Gasteiger partial charge in [0, 0.05) is 11.3 Å². The average Bonchev–Trinajstić information content (AvgIpc) is 3.15. The first kappa shape index (κ1) is 20.1. The Morgan fingerprint density at radius 1 is 1.10 bits per heavy atom. The molecule has 0 aliphatic carbocycles. The second kappa shape index (κ2) is 8.17. The highest BCUT2D eigenvalue weighted by Gasteiger charge is 2.30. The van der Waals surface area contributed by atoms with Crippen molar-refractivity contribution in [1.82, 2.24) is 20.2 Å². The molecule has 1 amide bonds. The molecule has 0 saturated carbocycles. The third-order valence-corrected chi connectivity index (χ3v) is 3.85. The van der Waals surface area contributed by atoms with Crippen molar-refractivity contribution < 1.29 is 27.4 Å². The zero-order chi connectivity index (χ0) is 21.0. The van der Waals surface area contributed by atoms with Crippen molar-refractivity contribution in [3.8, 4) is 22.9 Å². The van der Waals surface area contributed by atoms with E-state index < -0.39 is 17.6 Å². The van der Waals surface area contributed by atoms with Crippen LogP contribution in [0.4, 0.5) is 18.9 Å². The number of carbonyl (C=O) groups is 1. The molecule has 1 N–H and O–H groups in total. The number of rotatable bonds is 6. The van der Waals surface area contributed by atoms with Gasteiger partial charge in [0.1, 0.15) is 6.54 Å². The standard InChI is InChI=1S/C18H16F3N5O3/c1-28-14-7-6-11(8-15(14)29-2)17-23-25-26(24-17)10-16(27)22-13-5-3-4-12(9-13)18(19,20)21/h3-9H,10H2,1-2H3,(H,22,27). The van der Waals surface area contributed by atoms with Crippen molar-refractivity contribution in [2.24, 2.45) is 0 Å². The maximum absolute atomic E-state index is 12.8. The number of methoxy groups -OCH3 is 2. The molecular weight excluding hydrogens is 391 g/mol. The first-order valence-corrected chi connectivity index (χ1v) is 8.27. The summed E-state index contributed by atoms with van der Waals surface area (Å²) in [7, 11) is 3.00. The lowest BCUT2D eigenvalue weighted by molar-refractivity contribution is -0.137. The van der Waals surface area contributed by atoms with E-state index in [1.165, 1.54) is 26.4 Å². The van der Waals surface area contributed by atoms with Crippen LogP contribution in [0.15, 0.2) is 42.5 Å². The highest BCUT2D eigenvalue weighted by atomic mass is 19.4. The van der Waals surface area contributed by atoms with Crippen LogP contribution in [0.25, 0.3) is 11.4 Å². The number of alkyl halides is 3. The highest BCUT2D eigenvalue weighted by Crippen LogP contribution is 2.31. The lowest BCUT2D eigenvalue weighted by Gasteiger charge is -2.09. The molecule has 1 aromatic heterocycles. The number of nitrogens with zero attached hydrogens (tertiary/aromatic N) is 4. The summed E-state index contributed by atoms with van der Waals surface area (Å²) < 4.78 is 48.6. The monoisotopic (exact) mass is 407 g/mol. The molecule has 3 rings (SSSR count). The fourth-order valence-electron chi connectivity index (χ4n) is 2.50. The zero-order valence-electron chi connectivity index (χ0n) is 15.4. The summed E-state index contributed by atoms with van der Waals surface area (Å²) in [6.07, 6.45) is -4.50. The van der Waals surface area contributed by atoms with E-state index in [0.717, 1.165) is 16.9 Å². The highest BCUT2D eigenvalue weighted by molar-refractivity contribution is 5.90. The lowest BCUT2D eigenvalue weighted by atomic mass is 10.2. The number of halogens is 3. The number of hydrogen-bond acceptors (Lipinski definition) is 6. The predicted octanol–water partition coefficient (Wildman–Crippen LogP) is 3.01. The number of carbonyl (C=O) groups excluding carboxylic acids is 1. The second-order valence-corrected chi connectivity index (χ2v) is 5.84. The number of tetrazole rings is 1. The Morgan fingerprint density at radius 2 is 1.86 bits per heavy atom. The maximum Gasteiger partial charge on any atom is 0.416 e. The van der Waals surface area contributed by atoms with Gasteiger partial charge in [0.25, 0.3) is 0 Å². The molecule has 0 unspecified atom stereocenters. The number of anilines is 1. The van der Waals surface area contributed by atoms with Gasteiger partial charge in [-0.05, 0) is 41.6 Å². The van der Waals surface area contributed by atoms with Gasteiger partial charge >= 0.3 is 6.18 Å². The van der Waals surface area contributed by atoms with E-state index in [4.69, 9.17) is 9.47 Å². The van der Waals surface area contributed by atoms with Crippen LogP contribution in [-0.4, -0.2) is 40.3 Å². The van der Waals surface area contributed by atoms with E-state index in [0.29, 0.717) is 17.1 Å². The van der Waals surface area contributed by atoms with Gasteiger partial charge in [-0.1, -0.05) is 6.07 Å². The molecule has 0 atom stereocenters. The van der Waals surface area contributed by atoms with Crippen LogP contribution < -0.4 is 14.8 Å². The summed E-state index contributed by atoms with van der Waals surface area (Å²) >= 11 is 0.